The number of nitrogens with one attached hydrogen (secondary N) is 1. The second-order valence-corrected chi connectivity index (χ2v) is 8.90. The molecule has 1 aromatic rings. The molecule has 1 aromatic carbocycles. The van der Waals surface area contributed by atoms with Crippen LogP contribution >= 0.6 is 27.5 Å². The third-order valence-corrected chi connectivity index (χ3v) is 7.09. The van der Waals surface area contributed by atoms with E-state index < -0.39 is 9.84 Å². The van der Waals surface area contributed by atoms with Crippen molar-refractivity contribution in [1.29, 1.82) is 0 Å². The molecule has 0 aliphatic carbocycles. The molecule has 112 valence electrons. The van der Waals surface area contributed by atoms with E-state index in [1.54, 1.807) is 0 Å². The van der Waals surface area contributed by atoms with Crippen molar-refractivity contribution in [2.24, 2.45) is 0 Å². The highest BCUT2D eigenvalue weighted by atomic mass is 79.9. The Kier molecular flexibility index (Phi) is 5.51. The molecule has 0 aromatic heterocycles. The Bertz CT molecular complexity index is 577. The molecule has 6 heteroatoms. The molecule has 1 fully saturated rings. The smallest absolute Gasteiger partial charge is 0.154 e. The van der Waals surface area contributed by atoms with E-state index >= 15 is 0 Å². The predicted octanol–water partition coefficient (Wildman–Crippen LogP) is 3.20. The SMILES string of the molecule is CNC(Cc1ccc(Br)cc1Cl)C1CCCCS1(=O)=O. The minimum atomic E-state index is -2.99. The normalized spacial score (nSPS) is 23.4. The third-order valence-electron chi connectivity index (χ3n) is 3.90. The van der Waals surface area contributed by atoms with Gasteiger partial charge in [-0.05, 0) is 44.0 Å². The molecular weight excluding hydrogens is 362 g/mol. The van der Waals surface area contributed by atoms with Gasteiger partial charge in [-0.25, -0.2) is 8.42 Å². The number of sulfone groups is 1. The highest BCUT2D eigenvalue weighted by Gasteiger charge is 2.34. The standard InChI is InChI=1S/C14H19BrClNO2S/c1-17-13(14-4-2-3-7-20(14,18)19)8-10-5-6-11(15)9-12(10)16/h5-6,9,13-14,17H,2-4,7-8H2,1H3. The lowest BCUT2D eigenvalue weighted by Gasteiger charge is -2.30. The molecular formula is C14H19BrClNO2S. The van der Waals surface area contributed by atoms with E-state index in [1.165, 1.54) is 0 Å². The molecule has 20 heavy (non-hydrogen) atoms. The first-order valence-electron chi connectivity index (χ1n) is 6.77. The van der Waals surface area contributed by atoms with Gasteiger partial charge in [-0.15, -0.1) is 0 Å². The van der Waals surface area contributed by atoms with E-state index in [9.17, 15) is 8.42 Å². The molecule has 2 unspecified atom stereocenters. The second kappa shape index (κ2) is 6.77. The summed E-state index contributed by atoms with van der Waals surface area (Å²) < 4.78 is 25.4. The van der Waals surface area contributed by atoms with Gasteiger partial charge >= 0.3 is 0 Å². The molecule has 2 atom stereocenters. The lowest BCUT2D eigenvalue weighted by Crippen LogP contribution is -2.46. The number of likely N-dealkylation sites (N-methyl/N-ethyl adjacent to an activating group) is 1. The minimum Gasteiger partial charge on any atom is -0.315 e. The van der Waals surface area contributed by atoms with Crippen molar-refractivity contribution >= 4 is 37.4 Å². The van der Waals surface area contributed by atoms with Crippen molar-refractivity contribution in [3.8, 4) is 0 Å². The molecule has 1 N–H and O–H groups in total. The van der Waals surface area contributed by atoms with E-state index in [1.807, 2.05) is 25.2 Å². The third kappa shape index (κ3) is 3.75. The molecule has 0 saturated carbocycles. The highest BCUT2D eigenvalue weighted by Crippen LogP contribution is 2.27. The van der Waals surface area contributed by atoms with Crippen molar-refractivity contribution < 1.29 is 8.42 Å². The van der Waals surface area contributed by atoms with Crippen molar-refractivity contribution in [2.45, 2.75) is 37.0 Å². The Hall–Kier alpha value is -0.100. The van der Waals surface area contributed by atoms with Gasteiger partial charge in [-0.2, -0.15) is 0 Å². The summed E-state index contributed by atoms with van der Waals surface area (Å²) >= 11 is 9.61. The summed E-state index contributed by atoms with van der Waals surface area (Å²) in [4.78, 5) is 0. The molecule has 3 nitrogen and oxygen atoms in total. The molecule has 0 bridgehead atoms. The van der Waals surface area contributed by atoms with Crippen LogP contribution in [0, 0.1) is 0 Å². The van der Waals surface area contributed by atoms with Gasteiger partial charge in [-0.3, -0.25) is 0 Å². The van der Waals surface area contributed by atoms with Gasteiger partial charge in [0.2, 0.25) is 0 Å². The van der Waals surface area contributed by atoms with Crippen LogP contribution in [0.5, 0.6) is 0 Å². The maximum atomic E-state index is 12.2. The van der Waals surface area contributed by atoms with Gasteiger partial charge in [0.05, 0.1) is 11.0 Å². The van der Waals surface area contributed by atoms with Crippen LogP contribution in [0.3, 0.4) is 0 Å². The van der Waals surface area contributed by atoms with Crippen molar-refractivity contribution in [3.63, 3.8) is 0 Å². The molecule has 1 aliphatic heterocycles. The lowest BCUT2D eigenvalue weighted by molar-refractivity contribution is 0.456. The van der Waals surface area contributed by atoms with E-state index in [-0.39, 0.29) is 11.3 Å². The van der Waals surface area contributed by atoms with Crippen molar-refractivity contribution in [2.75, 3.05) is 12.8 Å². The van der Waals surface area contributed by atoms with Crippen LogP contribution < -0.4 is 5.32 Å². The van der Waals surface area contributed by atoms with Crippen LogP contribution in [-0.4, -0.2) is 32.5 Å². The van der Waals surface area contributed by atoms with Crippen LogP contribution in [0.4, 0.5) is 0 Å². The summed E-state index contributed by atoms with van der Waals surface area (Å²) in [5.41, 5.74) is 0.981. The molecule has 0 radical (unpaired) electrons. The van der Waals surface area contributed by atoms with E-state index in [0.29, 0.717) is 17.2 Å². The molecule has 1 saturated heterocycles. The van der Waals surface area contributed by atoms with Crippen molar-refractivity contribution in [1.82, 2.24) is 5.32 Å². The number of halogens is 2. The van der Waals surface area contributed by atoms with Gasteiger partial charge < -0.3 is 5.32 Å². The fraction of sp³-hybridized carbons (Fsp3) is 0.571. The van der Waals surface area contributed by atoms with E-state index in [4.69, 9.17) is 11.6 Å². The maximum absolute atomic E-state index is 12.2. The number of hydrogen-bond donors (Lipinski definition) is 1. The minimum absolute atomic E-state index is 0.0843. The number of benzene rings is 1. The molecule has 2 rings (SSSR count). The van der Waals surface area contributed by atoms with Crippen molar-refractivity contribution in [3.05, 3.63) is 33.3 Å². The summed E-state index contributed by atoms with van der Waals surface area (Å²) in [7, 11) is -1.17. The van der Waals surface area contributed by atoms with Gasteiger partial charge in [-0.1, -0.05) is 40.0 Å². The summed E-state index contributed by atoms with van der Waals surface area (Å²) in [5, 5.41) is 3.54. The van der Waals surface area contributed by atoms with Crippen LogP contribution in [0.1, 0.15) is 24.8 Å². The zero-order chi connectivity index (χ0) is 14.8. The van der Waals surface area contributed by atoms with Crippen LogP contribution in [0.15, 0.2) is 22.7 Å². The quantitative estimate of drug-likeness (QED) is 0.872. The number of hydrogen-bond acceptors (Lipinski definition) is 3. The number of rotatable bonds is 4. The average Bonchev–Trinajstić information content (AvgIpc) is 2.38. The summed E-state index contributed by atoms with van der Waals surface area (Å²) in [6.45, 7) is 0. The Morgan fingerprint density at radius 3 is 2.80 bits per heavy atom. The van der Waals surface area contributed by atoms with Gasteiger partial charge in [0.1, 0.15) is 0 Å². The average molecular weight is 381 g/mol. The molecule has 0 spiro atoms. The topological polar surface area (TPSA) is 46.2 Å². The zero-order valence-corrected chi connectivity index (χ0v) is 14.6. The lowest BCUT2D eigenvalue weighted by atomic mass is 9.99. The molecule has 1 heterocycles. The predicted molar refractivity (Wildman–Crippen MR) is 87.1 cm³/mol. The molecule has 0 amide bonds. The molecule has 1 aliphatic rings. The summed E-state index contributed by atoms with van der Waals surface area (Å²) in [6.07, 6.45) is 3.14. The zero-order valence-electron chi connectivity index (χ0n) is 11.4. The maximum Gasteiger partial charge on any atom is 0.154 e. The Balaban J connectivity index is 2.20. The Morgan fingerprint density at radius 2 is 2.20 bits per heavy atom. The fourth-order valence-corrected chi connectivity index (χ4v) is 5.69. The fourth-order valence-electron chi connectivity index (χ4n) is 2.77. The first-order chi connectivity index (χ1) is 9.44. The van der Waals surface area contributed by atoms with Gasteiger partial charge in [0, 0.05) is 15.5 Å². The van der Waals surface area contributed by atoms with E-state index in [0.717, 1.165) is 29.3 Å². The highest BCUT2D eigenvalue weighted by molar-refractivity contribution is 9.10. The second-order valence-electron chi connectivity index (χ2n) is 5.24. The summed E-state index contributed by atoms with van der Waals surface area (Å²) in [5.74, 6) is 0.309. The first kappa shape index (κ1) is 16.3. The van der Waals surface area contributed by atoms with Crippen LogP contribution in [0.2, 0.25) is 5.02 Å². The Labute approximate surface area is 134 Å². The van der Waals surface area contributed by atoms with Crippen LogP contribution in [0.25, 0.3) is 0 Å². The van der Waals surface area contributed by atoms with Crippen LogP contribution in [-0.2, 0) is 16.3 Å². The van der Waals surface area contributed by atoms with Gasteiger partial charge in [0.15, 0.2) is 9.84 Å². The summed E-state index contributed by atoms with van der Waals surface area (Å²) in [6, 6.07) is 5.65. The monoisotopic (exact) mass is 379 g/mol. The first-order valence-corrected chi connectivity index (χ1v) is 9.65. The van der Waals surface area contributed by atoms with E-state index in [2.05, 4.69) is 21.2 Å². The van der Waals surface area contributed by atoms with Gasteiger partial charge in [0.25, 0.3) is 0 Å². The largest absolute Gasteiger partial charge is 0.315 e. The Morgan fingerprint density at radius 1 is 1.45 bits per heavy atom.